The van der Waals surface area contributed by atoms with E-state index in [1.807, 2.05) is 11.6 Å². The van der Waals surface area contributed by atoms with E-state index in [4.69, 9.17) is 4.74 Å². The van der Waals surface area contributed by atoms with Gasteiger partial charge in [-0.05, 0) is 12.1 Å². The number of nitrogens with one attached hydrogen (secondary N) is 1. The van der Waals surface area contributed by atoms with Gasteiger partial charge in [0.15, 0.2) is 11.6 Å². The number of rotatable bonds is 4. The Hall–Kier alpha value is -2.04. The van der Waals surface area contributed by atoms with Gasteiger partial charge in [0.25, 0.3) is 0 Å². The Morgan fingerprint density at radius 3 is 2.94 bits per heavy atom. The SMILES string of the molecule is COc1cc(NCc2cncn2C)ccc1F. The summed E-state index contributed by atoms with van der Waals surface area (Å²) in [4.78, 5) is 4.02. The van der Waals surface area contributed by atoms with Crippen LogP contribution in [0.2, 0.25) is 0 Å². The van der Waals surface area contributed by atoms with Crippen molar-refractivity contribution in [3.63, 3.8) is 0 Å². The second-order valence-corrected chi connectivity index (χ2v) is 3.70. The Balaban J connectivity index is 2.07. The van der Waals surface area contributed by atoms with Gasteiger partial charge in [-0.3, -0.25) is 0 Å². The summed E-state index contributed by atoms with van der Waals surface area (Å²) in [6, 6.07) is 4.68. The van der Waals surface area contributed by atoms with Gasteiger partial charge >= 0.3 is 0 Å². The van der Waals surface area contributed by atoms with Gasteiger partial charge in [-0.15, -0.1) is 0 Å². The molecule has 2 aromatic rings. The molecule has 2 rings (SSSR count). The highest BCUT2D eigenvalue weighted by Crippen LogP contribution is 2.21. The molecule has 0 unspecified atom stereocenters. The Labute approximate surface area is 99.1 Å². The van der Waals surface area contributed by atoms with Crippen LogP contribution in [0.25, 0.3) is 0 Å². The van der Waals surface area contributed by atoms with Crippen LogP contribution in [-0.4, -0.2) is 16.7 Å². The van der Waals surface area contributed by atoms with Crippen LogP contribution in [0.4, 0.5) is 10.1 Å². The Bertz CT molecular complexity index is 510. The number of benzene rings is 1. The average molecular weight is 235 g/mol. The quantitative estimate of drug-likeness (QED) is 0.882. The molecule has 1 N–H and O–H groups in total. The number of halogens is 1. The third-order valence-electron chi connectivity index (χ3n) is 2.54. The fraction of sp³-hybridized carbons (Fsp3) is 0.250. The fourth-order valence-corrected chi connectivity index (χ4v) is 1.52. The van der Waals surface area contributed by atoms with E-state index in [1.54, 1.807) is 24.7 Å². The number of aromatic nitrogens is 2. The van der Waals surface area contributed by atoms with Gasteiger partial charge in [-0.2, -0.15) is 0 Å². The normalized spacial score (nSPS) is 10.3. The molecule has 1 heterocycles. The van der Waals surface area contributed by atoms with Gasteiger partial charge in [-0.25, -0.2) is 9.37 Å². The molecule has 0 radical (unpaired) electrons. The highest BCUT2D eigenvalue weighted by Gasteiger charge is 2.04. The molecule has 0 saturated heterocycles. The molecule has 1 aromatic heterocycles. The first kappa shape index (κ1) is 11.4. The molecule has 0 aliphatic heterocycles. The van der Waals surface area contributed by atoms with Crippen LogP contribution in [0.15, 0.2) is 30.7 Å². The largest absolute Gasteiger partial charge is 0.494 e. The predicted octanol–water partition coefficient (Wildman–Crippen LogP) is 2.18. The predicted molar refractivity (Wildman–Crippen MR) is 63.5 cm³/mol. The molecule has 0 bridgehead atoms. The standard InChI is InChI=1S/C12H14FN3O/c1-16-8-14-6-10(16)7-15-9-3-4-11(13)12(5-9)17-2/h3-6,8,15H,7H2,1-2H3. The second kappa shape index (κ2) is 4.86. The van der Waals surface area contributed by atoms with Gasteiger partial charge in [0.05, 0.1) is 25.7 Å². The van der Waals surface area contributed by atoms with Crippen molar-refractivity contribution in [2.24, 2.45) is 7.05 Å². The van der Waals surface area contributed by atoms with E-state index < -0.39 is 0 Å². The van der Waals surface area contributed by atoms with Crippen LogP contribution in [0.1, 0.15) is 5.69 Å². The van der Waals surface area contributed by atoms with Gasteiger partial charge in [0, 0.05) is 25.0 Å². The first-order chi connectivity index (χ1) is 8.20. The van der Waals surface area contributed by atoms with Crippen molar-refractivity contribution in [3.8, 4) is 5.75 Å². The van der Waals surface area contributed by atoms with Crippen molar-refractivity contribution in [2.75, 3.05) is 12.4 Å². The van der Waals surface area contributed by atoms with E-state index in [1.165, 1.54) is 13.2 Å². The van der Waals surface area contributed by atoms with E-state index >= 15 is 0 Å². The molecular weight excluding hydrogens is 221 g/mol. The zero-order chi connectivity index (χ0) is 12.3. The van der Waals surface area contributed by atoms with Crippen LogP contribution >= 0.6 is 0 Å². The molecule has 0 aliphatic carbocycles. The van der Waals surface area contributed by atoms with E-state index in [-0.39, 0.29) is 11.6 Å². The molecule has 0 spiro atoms. The molecule has 0 atom stereocenters. The summed E-state index contributed by atoms with van der Waals surface area (Å²) < 4.78 is 20.0. The topological polar surface area (TPSA) is 39.1 Å². The molecule has 0 fully saturated rings. The van der Waals surface area contributed by atoms with Crippen molar-refractivity contribution < 1.29 is 9.13 Å². The van der Waals surface area contributed by atoms with E-state index in [9.17, 15) is 4.39 Å². The number of methoxy groups -OCH3 is 1. The lowest BCUT2D eigenvalue weighted by atomic mass is 10.3. The van der Waals surface area contributed by atoms with E-state index in [2.05, 4.69) is 10.3 Å². The van der Waals surface area contributed by atoms with Gasteiger partial charge in [0.2, 0.25) is 0 Å². The molecule has 90 valence electrons. The van der Waals surface area contributed by atoms with Gasteiger partial charge in [0.1, 0.15) is 0 Å². The zero-order valence-electron chi connectivity index (χ0n) is 9.77. The lowest BCUT2D eigenvalue weighted by molar-refractivity contribution is 0.387. The minimum atomic E-state index is -0.362. The van der Waals surface area contributed by atoms with Crippen LogP contribution in [0.3, 0.4) is 0 Å². The molecule has 17 heavy (non-hydrogen) atoms. The Morgan fingerprint density at radius 1 is 1.47 bits per heavy atom. The van der Waals surface area contributed by atoms with E-state index in [0.29, 0.717) is 6.54 Å². The summed E-state index contributed by atoms with van der Waals surface area (Å²) in [6.45, 7) is 0.630. The van der Waals surface area contributed by atoms with Crippen LogP contribution < -0.4 is 10.1 Å². The summed E-state index contributed by atoms with van der Waals surface area (Å²) in [5.74, 6) is -0.126. The number of anilines is 1. The van der Waals surface area contributed by atoms with Crippen molar-refractivity contribution in [1.82, 2.24) is 9.55 Å². The zero-order valence-corrected chi connectivity index (χ0v) is 9.77. The molecule has 0 saturated carbocycles. The van der Waals surface area contributed by atoms with E-state index in [0.717, 1.165) is 11.4 Å². The molecule has 0 amide bonds. The molecule has 5 heteroatoms. The summed E-state index contributed by atoms with van der Waals surface area (Å²) in [7, 11) is 3.37. The molecular formula is C12H14FN3O. The fourth-order valence-electron chi connectivity index (χ4n) is 1.52. The Kier molecular flexibility index (Phi) is 3.27. The number of aryl methyl sites for hydroxylation is 1. The van der Waals surface area contributed by atoms with Gasteiger partial charge in [-0.1, -0.05) is 0 Å². The first-order valence-corrected chi connectivity index (χ1v) is 5.23. The van der Waals surface area contributed by atoms with Gasteiger partial charge < -0.3 is 14.6 Å². The van der Waals surface area contributed by atoms with Crippen LogP contribution in [0, 0.1) is 5.82 Å². The maximum Gasteiger partial charge on any atom is 0.165 e. The van der Waals surface area contributed by atoms with Crippen LogP contribution in [-0.2, 0) is 13.6 Å². The summed E-state index contributed by atoms with van der Waals surface area (Å²) in [5.41, 5.74) is 1.86. The average Bonchev–Trinajstić information content (AvgIpc) is 2.74. The van der Waals surface area contributed by atoms with Crippen molar-refractivity contribution >= 4 is 5.69 Å². The van der Waals surface area contributed by atoms with Crippen molar-refractivity contribution in [2.45, 2.75) is 6.54 Å². The summed E-state index contributed by atoms with van der Waals surface area (Å²) in [5, 5.41) is 3.18. The number of nitrogens with zero attached hydrogens (tertiary/aromatic N) is 2. The minimum absolute atomic E-state index is 0.236. The molecule has 1 aromatic carbocycles. The lowest BCUT2D eigenvalue weighted by Crippen LogP contribution is -2.04. The summed E-state index contributed by atoms with van der Waals surface area (Å²) in [6.07, 6.45) is 3.52. The Morgan fingerprint density at radius 2 is 2.29 bits per heavy atom. The minimum Gasteiger partial charge on any atom is -0.494 e. The van der Waals surface area contributed by atoms with Crippen molar-refractivity contribution in [1.29, 1.82) is 0 Å². The number of ether oxygens (including phenoxy) is 1. The monoisotopic (exact) mass is 235 g/mol. The third-order valence-corrected chi connectivity index (χ3v) is 2.54. The first-order valence-electron chi connectivity index (χ1n) is 5.23. The molecule has 4 nitrogen and oxygen atoms in total. The van der Waals surface area contributed by atoms with Crippen molar-refractivity contribution in [3.05, 3.63) is 42.2 Å². The third kappa shape index (κ3) is 2.55. The number of hydrogen-bond acceptors (Lipinski definition) is 3. The number of imidazole rings is 1. The van der Waals surface area contributed by atoms with Crippen LogP contribution in [0.5, 0.6) is 5.75 Å². The number of hydrogen-bond donors (Lipinski definition) is 1. The highest BCUT2D eigenvalue weighted by molar-refractivity contribution is 5.48. The highest BCUT2D eigenvalue weighted by atomic mass is 19.1. The maximum atomic E-state index is 13.2. The second-order valence-electron chi connectivity index (χ2n) is 3.70. The molecule has 0 aliphatic rings. The smallest absolute Gasteiger partial charge is 0.165 e. The maximum absolute atomic E-state index is 13.2. The lowest BCUT2D eigenvalue weighted by Gasteiger charge is -2.09. The summed E-state index contributed by atoms with van der Waals surface area (Å²) >= 11 is 0.